The van der Waals surface area contributed by atoms with Gasteiger partial charge in [-0.3, -0.25) is 0 Å². The number of esters is 1. The van der Waals surface area contributed by atoms with E-state index in [0.29, 0.717) is 17.8 Å². The second-order valence-corrected chi connectivity index (χ2v) is 7.48. The molecule has 6 nitrogen and oxygen atoms in total. The SMILES string of the molecule is C=C(C)C(=N)C(CCC)Cc1ccc(C(=O)OC)cc1.NCc1nc2ccccc2[nH]1. The molecule has 2 aromatic carbocycles. The zero-order valence-corrected chi connectivity index (χ0v) is 18.6. The highest BCUT2D eigenvalue weighted by molar-refractivity contribution is 5.98. The standard InChI is InChI=1S/C17H23NO2.C8H9N3/c1-5-6-15(16(18)12(2)3)11-13-7-9-14(10-8-13)17(19)20-4;9-5-8-10-6-3-1-2-4-7(6)11-8/h7-10,15,18H,2,5-6,11H2,1,3-4H3;1-4H,5,9H2,(H,10,11). The Morgan fingerprint density at radius 3 is 2.45 bits per heavy atom. The Labute approximate surface area is 184 Å². The predicted molar refractivity (Wildman–Crippen MR) is 126 cm³/mol. The van der Waals surface area contributed by atoms with Gasteiger partial charge in [-0.05, 0) is 55.2 Å². The number of benzene rings is 2. The molecule has 1 heterocycles. The fourth-order valence-corrected chi connectivity index (χ4v) is 3.33. The molecular weight excluding hydrogens is 388 g/mol. The van der Waals surface area contributed by atoms with Crippen LogP contribution in [0.2, 0.25) is 0 Å². The maximum Gasteiger partial charge on any atom is 0.337 e. The van der Waals surface area contributed by atoms with Crippen LogP contribution in [0.1, 0.15) is 48.4 Å². The number of hydrogen-bond acceptors (Lipinski definition) is 5. The molecule has 1 aromatic heterocycles. The lowest BCUT2D eigenvalue weighted by molar-refractivity contribution is 0.0600. The summed E-state index contributed by atoms with van der Waals surface area (Å²) in [6.45, 7) is 8.33. The summed E-state index contributed by atoms with van der Waals surface area (Å²) in [4.78, 5) is 18.7. The molecule has 0 saturated carbocycles. The van der Waals surface area contributed by atoms with Crippen LogP contribution in [0.15, 0.2) is 60.7 Å². The number of nitrogens with zero attached hydrogens (tertiary/aromatic N) is 1. The van der Waals surface area contributed by atoms with Crippen LogP contribution in [-0.4, -0.2) is 28.8 Å². The van der Waals surface area contributed by atoms with Gasteiger partial charge in [-0.1, -0.05) is 44.2 Å². The van der Waals surface area contributed by atoms with E-state index < -0.39 is 0 Å². The molecule has 3 rings (SSSR count). The molecule has 1 atom stereocenters. The van der Waals surface area contributed by atoms with E-state index in [1.165, 1.54) is 7.11 Å². The number of aromatic nitrogens is 2. The van der Waals surface area contributed by atoms with Gasteiger partial charge in [0.25, 0.3) is 0 Å². The van der Waals surface area contributed by atoms with E-state index >= 15 is 0 Å². The van der Waals surface area contributed by atoms with Gasteiger partial charge in [0, 0.05) is 11.6 Å². The second-order valence-electron chi connectivity index (χ2n) is 7.48. The minimum absolute atomic E-state index is 0.196. The molecule has 164 valence electrons. The van der Waals surface area contributed by atoms with Gasteiger partial charge in [-0.2, -0.15) is 0 Å². The molecule has 1 unspecified atom stereocenters. The van der Waals surface area contributed by atoms with Crippen molar-refractivity contribution in [1.29, 1.82) is 5.41 Å². The summed E-state index contributed by atoms with van der Waals surface area (Å²) in [5, 5.41) is 8.12. The van der Waals surface area contributed by atoms with Gasteiger partial charge in [0.15, 0.2) is 0 Å². The van der Waals surface area contributed by atoms with E-state index in [0.717, 1.165) is 47.3 Å². The Bertz CT molecular complexity index is 988. The molecular formula is C25H32N4O2. The van der Waals surface area contributed by atoms with E-state index in [1.807, 2.05) is 43.3 Å². The molecule has 6 heteroatoms. The first-order chi connectivity index (χ1) is 14.9. The summed E-state index contributed by atoms with van der Waals surface area (Å²) < 4.78 is 4.68. The number of H-pyrrole nitrogens is 1. The Morgan fingerprint density at radius 1 is 1.23 bits per heavy atom. The average molecular weight is 421 g/mol. The molecule has 0 amide bonds. The van der Waals surface area contributed by atoms with Crippen LogP contribution < -0.4 is 5.73 Å². The summed E-state index contributed by atoms with van der Waals surface area (Å²) in [6, 6.07) is 15.3. The number of ether oxygens (including phenoxy) is 1. The van der Waals surface area contributed by atoms with Crippen LogP contribution in [-0.2, 0) is 17.7 Å². The van der Waals surface area contributed by atoms with Crippen LogP contribution in [0.3, 0.4) is 0 Å². The fourth-order valence-electron chi connectivity index (χ4n) is 3.33. The van der Waals surface area contributed by atoms with Crippen molar-refractivity contribution in [2.75, 3.05) is 7.11 Å². The van der Waals surface area contributed by atoms with Crippen LogP contribution in [0.4, 0.5) is 0 Å². The number of nitrogens with two attached hydrogens (primary N) is 1. The van der Waals surface area contributed by atoms with Gasteiger partial charge < -0.3 is 20.9 Å². The first kappa shape index (κ1) is 24.0. The van der Waals surface area contributed by atoms with Crippen molar-refractivity contribution in [3.63, 3.8) is 0 Å². The fraction of sp³-hybridized carbons (Fsp3) is 0.320. The number of carbonyl (C=O) groups is 1. The monoisotopic (exact) mass is 420 g/mol. The number of aromatic amines is 1. The first-order valence-corrected chi connectivity index (χ1v) is 10.4. The Balaban J connectivity index is 0.000000258. The minimum Gasteiger partial charge on any atom is -0.465 e. The van der Waals surface area contributed by atoms with E-state index in [4.69, 9.17) is 11.1 Å². The lowest BCUT2D eigenvalue weighted by Crippen LogP contribution is -2.17. The van der Waals surface area contributed by atoms with E-state index in [9.17, 15) is 4.79 Å². The molecule has 4 N–H and O–H groups in total. The zero-order valence-electron chi connectivity index (χ0n) is 18.6. The quantitative estimate of drug-likeness (QED) is 0.350. The van der Waals surface area contributed by atoms with E-state index in [2.05, 4.69) is 28.2 Å². The number of hydrogen-bond donors (Lipinski definition) is 3. The lowest BCUT2D eigenvalue weighted by Gasteiger charge is -2.17. The third-order valence-corrected chi connectivity index (χ3v) is 4.99. The van der Waals surface area contributed by atoms with E-state index in [1.54, 1.807) is 12.1 Å². The lowest BCUT2D eigenvalue weighted by atomic mass is 9.88. The van der Waals surface area contributed by atoms with Crippen LogP contribution in [0.25, 0.3) is 11.0 Å². The van der Waals surface area contributed by atoms with Crippen LogP contribution in [0.5, 0.6) is 0 Å². The zero-order chi connectivity index (χ0) is 22.8. The number of carbonyl (C=O) groups excluding carboxylic acids is 1. The molecule has 0 spiro atoms. The molecule has 31 heavy (non-hydrogen) atoms. The third-order valence-electron chi connectivity index (χ3n) is 4.99. The maximum absolute atomic E-state index is 11.4. The first-order valence-electron chi connectivity index (χ1n) is 10.4. The molecule has 0 fully saturated rings. The number of para-hydroxylation sites is 2. The molecule has 0 radical (unpaired) electrons. The number of rotatable bonds is 8. The minimum atomic E-state index is -0.323. The summed E-state index contributed by atoms with van der Waals surface area (Å²) in [7, 11) is 1.38. The number of methoxy groups -OCH3 is 1. The summed E-state index contributed by atoms with van der Waals surface area (Å²) in [6.07, 6.45) is 2.83. The third kappa shape index (κ3) is 6.89. The average Bonchev–Trinajstić information content (AvgIpc) is 3.22. The molecule has 0 bridgehead atoms. The van der Waals surface area contributed by atoms with Gasteiger partial charge in [0.2, 0.25) is 0 Å². The molecule has 0 saturated heterocycles. The molecule has 0 aliphatic carbocycles. The summed E-state index contributed by atoms with van der Waals surface area (Å²) in [5.74, 6) is 0.712. The summed E-state index contributed by atoms with van der Waals surface area (Å²) in [5.41, 5.74) is 10.6. The van der Waals surface area contributed by atoms with Crippen molar-refractivity contribution >= 4 is 22.7 Å². The highest BCUT2D eigenvalue weighted by Crippen LogP contribution is 2.19. The van der Waals surface area contributed by atoms with Gasteiger partial charge in [0.05, 0.1) is 30.3 Å². The topological polar surface area (TPSA) is 105 Å². The van der Waals surface area contributed by atoms with Crippen molar-refractivity contribution < 1.29 is 9.53 Å². The van der Waals surface area contributed by atoms with Gasteiger partial charge in [0.1, 0.15) is 5.82 Å². The highest BCUT2D eigenvalue weighted by atomic mass is 16.5. The van der Waals surface area contributed by atoms with Gasteiger partial charge in [-0.25, -0.2) is 9.78 Å². The highest BCUT2D eigenvalue weighted by Gasteiger charge is 2.15. The Kier molecular flexibility index (Phi) is 9.15. The molecule has 0 aliphatic rings. The smallest absolute Gasteiger partial charge is 0.337 e. The van der Waals surface area contributed by atoms with Crippen LogP contribution in [0, 0.1) is 11.3 Å². The Morgan fingerprint density at radius 2 is 1.90 bits per heavy atom. The normalized spacial score (nSPS) is 11.4. The number of nitrogens with one attached hydrogen (secondary N) is 2. The molecule has 3 aromatic rings. The number of fused-ring (bicyclic) bond motifs is 1. The van der Waals surface area contributed by atoms with Crippen molar-refractivity contribution in [1.82, 2.24) is 9.97 Å². The van der Waals surface area contributed by atoms with Gasteiger partial charge in [-0.15, -0.1) is 0 Å². The Hall–Kier alpha value is -3.25. The maximum atomic E-state index is 11.4. The predicted octanol–water partition coefficient (Wildman–Crippen LogP) is 5.05. The molecule has 0 aliphatic heterocycles. The number of imidazole rings is 1. The van der Waals surface area contributed by atoms with Crippen molar-refractivity contribution in [3.05, 3.63) is 77.6 Å². The largest absolute Gasteiger partial charge is 0.465 e. The van der Waals surface area contributed by atoms with Crippen molar-refractivity contribution in [2.24, 2.45) is 11.7 Å². The van der Waals surface area contributed by atoms with Crippen molar-refractivity contribution in [3.8, 4) is 0 Å². The van der Waals surface area contributed by atoms with Crippen LogP contribution >= 0.6 is 0 Å². The second kappa shape index (κ2) is 11.8. The van der Waals surface area contributed by atoms with Crippen molar-refractivity contribution in [2.45, 2.75) is 39.7 Å². The summed E-state index contributed by atoms with van der Waals surface area (Å²) >= 11 is 0. The van der Waals surface area contributed by atoms with E-state index in [-0.39, 0.29) is 11.9 Å². The van der Waals surface area contributed by atoms with Gasteiger partial charge >= 0.3 is 5.97 Å². The number of allylic oxidation sites excluding steroid dienone is 1.